The van der Waals surface area contributed by atoms with Gasteiger partial charge in [-0.15, -0.1) is 0 Å². The molecule has 0 aliphatic carbocycles. The van der Waals surface area contributed by atoms with Gasteiger partial charge in [0.25, 0.3) is 0 Å². The number of likely N-dealkylation sites (N-methyl/N-ethyl adjacent to an activating group) is 2. The maximum Gasteiger partial charge on any atom is 0.335 e. The predicted octanol–water partition coefficient (Wildman–Crippen LogP) is 4.52. The van der Waals surface area contributed by atoms with E-state index < -0.39 is 0 Å². The number of urea groups is 1. The van der Waals surface area contributed by atoms with Crippen LogP contribution in [0, 0.1) is 5.41 Å². The maximum absolute atomic E-state index is 14.1. The van der Waals surface area contributed by atoms with Crippen LogP contribution in [-0.2, 0) is 11.3 Å². The number of allylic oxidation sites excluding steroid dienone is 1. The molecule has 0 bridgehead atoms. The highest BCUT2D eigenvalue weighted by Crippen LogP contribution is 2.37. The topological polar surface area (TPSA) is 121 Å². The summed E-state index contributed by atoms with van der Waals surface area (Å²) in [5, 5.41) is 13.3. The van der Waals surface area contributed by atoms with E-state index >= 15 is 0 Å². The Morgan fingerprint density at radius 1 is 1.12 bits per heavy atom. The Balaban J connectivity index is 1.76. The van der Waals surface area contributed by atoms with Crippen molar-refractivity contribution in [3.05, 3.63) is 90.4 Å². The first-order valence-electron chi connectivity index (χ1n) is 12.8. The number of aromatic nitrogens is 2. The number of para-hydroxylation sites is 1. The second-order valence-electron chi connectivity index (χ2n) is 9.45. The Hall–Kier alpha value is -4.74. The second kappa shape index (κ2) is 13.1. The van der Waals surface area contributed by atoms with Gasteiger partial charge in [0.15, 0.2) is 5.82 Å². The number of fused-ring (bicyclic) bond motifs is 1. The van der Waals surface area contributed by atoms with Gasteiger partial charge in [-0.25, -0.2) is 14.7 Å². The van der Waals surface area contributed by atoms with Crippen LogP contribution in [0.4, 0.5) is 33.6 Å². The monoisotopic (exact) mass is 573 g/mol. The van der Waals surface area contributed by atoms with Crippen molar-refractivity contribution in [2.75, 3.05) is 54.8 Å². The first-order valence-corrected chi connectivity index (χ1v) is 13.2. The normalized spacial score (nSPS) is 13.4. The number of anilines is 5. The number of benzene rings is 2. The molecule has 41 heavy (non-hydrogen) atoms. The number of nitrogens with one attached hydrogen (secondary N) is 3. The Morgan fingerprint density at radius 3 is 2.54 bits per heavy atom. The van der Waals surface area contributed by atoms with E-state index in [9.17, 15) is 9.59 Å². The minimum absolute atomic E-state index is 0.163. The summed E-state index contributed by atoms with van der Waals surface area (Å²) in [6.07, 6.45) is 6.49. The summed E-state index contributed by atoms with van der Waals surface area (Å²) in [4.78, 5) is 42.6. The predicted molar refractivity (Wildman–Crippen MR) is 164 cm³/mol. The van der Waals surface area contributed by atoms with E-state index in [-0.39, 0.29) is 35.3 Å². The molecule has 1 aliphatic heterocycles. The SMILES string of the molecule is CN/C=C(/Nc1ncc2c(n1)N(c1cccc(N(C)C(=O)/C=C/CN(C)C)c1)C(=O)N(c1ccccc1)C2)C(=N)Cl. The number of halogens is 1. The largest absolute Gasteiger partial charge is 0.392 e. The van der Waals surface area contributed by atoms with E-state index in [1.807, 2.05) is 49.3 Å². The second-order valence-corrected chi connectivity index (χ2v) is 9.83. The van der Waals surface area contributed by atoms with Gasteiger partial charge in [-0.1, -0.05) is 41.9 Å². The summed E-state index contributed by atoms with van der Waals surface area (Å²) in [7, 11) is 7.22. The molecule has 212 valence electrons. The van der Waals surface area contributed by atoms with Crippen LogP contribution >= 0.6 is 11.6 Å². The fourth-order valence-corrected chi connectivity index (χ4v) is 4.22. The lowest BCUT2D eigenvalue weighted by Crippen LogP contribution is -2.45. The van der Waals surface area contributed by atoms with Crippen molar-refractivity contribution in [3.63, 3.8) is 0 Å². The highest BCUT2D eigenvalue weighted by atomic mass is 35.5. The molecular weight excluding hydrogens is 542 g/mol. The summed E-state index contributed by atoms with van der Waals surface area (Å²) >= 11 is 5.92. The summed E-state index contributed by atoms with van der Waals surface area (Å²) in [5.74, 6) is 0.346. The van der Waals surface area contributed by atoms with E-state index in [1.54, 1.807) is 55.5 Å². The molecule has 3 amide bonds. The summed E-state index contributed by atoms with van der Waals surface area (Å²) in [6.45, 7) is 0.896. The fourth-order valence-electron chi connectivity index (χ4n) is 4.12. The van der Waals surface area contributed by atoms with Crippen LogP contribution in [0.1, 0.15) is 5.56 Å². The molecule has 1 aliphatic rings. The van der Waals surface area contributed by atoms with E-state index in [4.69, 9.17) is 17.0 Å². The molecule has 0 fully saturated rings. The van der Waals surface area contributed by atoms with Crippen molar-refractivity contribution in [2.45, 2.75) is 6.54 Å². The van der Waals surface area contributed by atoms with Crippen LogP contribution in [0.25, 0.3) is 0 Å². The van der Waals surface area contributed by atoms with Gasteiger partial charge in [-0.3, -0.25) is 15.1 Å². The minimum Gasteiger partial charge on any atom is -0.392 e. The van der Waals surface area contributed by atoms with Gasteiger partial charge in [0.2, 0.25) is 11.9 Å². The van der Waals surface area contributed by atoms with Crippen molar-refractivity contribution >= 4 is 57.5 Å². The average Bonchev–Trinajstić information content (AvgIpc) is 2.96. The van der Waals surface area contributed by atoms with Crippen LogP contribution in [0.3, 0.4) is 0 Å². The quantitative estimate of drug-likeness (QED) is 0.241. The number of rotatable bonds is 10. The zero-order chi connectivity index (χ0) is 29.5. The smallest absolute Gasteiger partial charge is 0.335 e. The number of amides is 3. The molecule has 2 aromatic carbocycles. The molecule has 0 unspecified atom stereocenters. The van der Waals surface area contributed by atoms with E-state index in [2.05, 4.69) is 20.6 Å². The maximum atomic E-state index is 14.1. The van der Waals surface area contributed by atoms with Crippen molar-refractivity contribution in [2.24, 2.45) is 0 Å². The molecule has 3 aromatic rings. The molecule has 11 nitrogen and oxygen atoms in total. The van der Waals surface area contributed by atoms with Crippen LogP contribution in [0.2, 0.25) is 0 Å². The van der Waals surface area contributed by atoms with Crippen molar-refractivity contribution in [3.8, 4) is 0 Å². The van der Waals surface area contributed by atoms with Gasteiger partial charge in [0, 0.05) is 56.1 Å². The third-order valence-corrected chi connectivity index (χ3v) is 6.38. The van der Waals surface area contributed by atoms with Crippen molar-refractivity contribution in [1.29, 1.82) is 5.41 Å². The zero-order valence-electron chi connectivity index (χ0n) is 23.3. The van der Waals surface area contributed by atoms with Gasteiger partial charge in [0.1, 0.15) is 5.17 Å². The van der Waals surface area contributed by atoms with Gasteiger partial charge in [-0.05, 0) is 44.4 Å². The van der Waals surface area contributed by atoms with Crippen LogP contribution in [0.5, 0.6) is 0 Å². The Morgan fingerprint density at radius 2 is 1.85 bits per heavy atom. The van der Waals surface area contributed by atoms with Gasteiger partial charge in [0.05, 0.1) is 17.9 Å². The Bertz CT molecular complexity index is 1490. The van der Waals surface area contributed by atoms with Gasteiger partial charge < -0.3 is 20.4 Å². The molecule has 0 saturated carbocycles. The van der Waals surface area contributed by atoms with E-state index in [0.717, 1.165) is 5.69 Å². The lowest BCUT2D eigenvalue weighted by molar-refractivity contribution is -0.113. The van der Waals surface area contributed by atoms with E-state index in [0.29, 0.717) is 29.3 Å². The summed E-state index contributed by atoms with van der Waals surface area (Å²) in [5.41, 5.74) is 2.82. The van der Waals surface area contributed by atoms with Crippen LogP contribution < -0.4 is 25.3 Å². The molecule has 0 radical (unpaired) electrons. The third-order valence-electron chi connectivity index (χ3n) is 6.18. The van der Waals surface area contributed by atoms with Gasteiger partial charge >= 0.3 is 6.03 Å². The first kappa shape index (κ1) is 29.2. The fraction of sp³-hybridized carbons (Fsp3) is 0.207. The molecule has 0 spiro atoms. The molecule has 4 rings (SSSR count). The minimum atomic E-state index is -0.318. The van der Waals surface area contributed by atoms with Crippen LogP contribution in [-0.4, -0.2) is 66.7 Å². The lowest BCUT2D eigenvalue weighted by atomic mass is 10.1. The molecule has 1 aromatic heterocycles. The highest BCUT2D eigenvalue weighted by Gasteiger charge is 2.34. The number of hydrogen-bond acceptors (Lipinski definition) is 8. The third kappa shape index (κ3) is 6.89. The van der Waals surface area contributed by atoms with Crippen LogP contribution in [0.15, 0.2) is 84.8 Å². The zero-order valence-corrected chi connectivity index (χ0v) is 24.1. The molecule has 12 heteroatoms. The van der Waals surface area contributed by atoms with Gasteiger partial charge in [-0.2, -0.15) is 4.98 Å². The summed E-state index contributed by atoms with van der Waals surface area (Å²) in [6, 6.07) is 16.2. The molecule has 0 saturated heterocycles. The average molecular weight is 574 g/mol. The molecular formula is C29H32ClN9O2. The standard InChI is InChI=1S/C29H32ClN9O2/c1-32-18-24(26(30)31)34-28-33-17-20-19-38(21-10-6-5-7-11-21)29(41)39(27(20)35-28)23-13-8-12-22(16-23)37(4)25(40)14-9-15-36(2)3/h5-14,16-18,31-32H,15,19H2,1-4H3,(H,33,34,35)/b14-9+,24-18+,31-26?. The lowest BCUT2D eigenvalue weighted by Gasteiger charge is -2.36. The van der Waals surface area contributed by atoms with E-state index in [1.165, 1.54) is 22.1 Å². The first-order chi connectivity index (χ1) is 19.7. The summed E-state index contributed by atoms with van der Waals surface area (Å²) < 4.78 is 0. The van der Waals surface area contributed by atoms with Crippen molar-refractivity contribution < 1.29 is 9.59 Å². The molecule has 3 N–H and O–H groups in total. The van der Waals surface area contributed by atoms with Crippen molar-refractivity contribution in [1.82, 2.24) is 20.2 Å². The number of carbonyl (C=O) groups excluding carboxylic acids is 2. The molecule has 2 heterocycles. The highest BCUT2D eigenvalue weighted by molar-refractivity contribution is 6.68. The molecule has 0 atom stereocenters. The number of hydrogen-bond donors (Lipinski definition) is 3. The number of carbonyl (C=O) groups is 2. The Labute approximate surface area is 244 Å². The number of nitrogens with zero attached hydrogens (tertiary/aromatic N) is 6. The Kier molecular flexibility index (Phi) is 9.33.